The zero-order valence-corrected chi connectivity index (χ0v) is 9.55. The lowest BCUT2D eigenvalue weighted by molar-refractivity contribution is 0.0531. The molecular formula is C9H16N2O3S. The van der Waals surface area contributed by atoms with Crippen LogP contribution in [0.15, 0.2) is 0 Å². The van der Waals surface area contributed by atoms with Crippen molar-refractivity contribution < 1.29 is 13.5 Å². The first kappa shape index (κ1) is 12.4. The minimum Gasteiger partial charge on any atom is -0.389 e. The lowest BCUT2D eigenvalue weighted by atomic mass is 10.0. The van der Waals surface area contributed by atoms with Crippen LogP contribution in [0.4, 0.5) is 0 Å². The van der Waals surface area contributed by atoms with E-state index >= 15 is 0 Å². The molecule has 15 heavy (non-hydrogen) atoms. The number of nitrogens with one attached hydrogen (secondary N) is 1. The highest BCUT2D eigenvalue weighted by Crippen LogP contribution is 2.28. The van der Waals surface area contributed by atoms with Gasteiger partial charge in [-0.3, -0.25) is 0 Å². The first-order chi connectivity index (χ1) is 6.90. The maximum Gasteiger partial charge on any atom is 0.227 e. The fourth-order valence-corrected chi connectivity index (χ4v) is 2.50. The van der Waals surface area contributed by atoms with E-state index in [1.54, 1.807) is 6.07 Å². The van der Waals surface area contributed by atoms with Crippen molar-refractivity contribution in [3.8, 4) is 6.07 Å². The van der Waals surface area contributed by atoms with Gasteiger partial charge in [0.05, 0.1) is 11.7 Å². The van der Waals surface area contributed by atoms with E-state index in [-0.39, 0.29) is 6.54 Å². The maximum absolute atomic E-state index is 11.4. The molecule has 2 N–H and O–H groups in total. The second-order valence-electron chi connectivity index (χ2n) is 4.07. The molecule has 1 atom stereocenters. The van der Waals surface area contributed by atoms with Gasteiger partial charge >= 0.3 is 0 Å². The molecule has 0 spiro atoms. The van der Waals surface area contributed by atoms with Crippen LogP contribution in [-0.2, 0) is 10.0 Å². The number of nitriles is 1. The van der Waals surface area contributed by atoms with Crippen LogP contribution < -0.4 is 4.72 Å². The van der Waals surface area contributed by atoms with Gasteiger partial charge in [-0.25, -0.2) is 13.1 Å². The van der Waals surface area contributed by atoms with E-state index in [9.17, 15) is 13.5 Å². The molecule has 1 aliphatic rings. The van der Waals surface area contributed by atoms with Crippen molar-refractivity contribution >= 4 is 10.0 Å². The average molecular weight is 232 g/mol. The van der Waals surface area contributed by atoms with Crippen LogP contribution in [-0.4, -0.2) is 30.9 Å². The average Bonchev–Trinajstić information content (AvgIpc) is 2.62. The molecule has 1 fully saturated rings. The van der Waals surface area contributed by atoms with Gasteiger partial charge in [0.15, 0.2) is 5.25 Å². The van der Waals surface area contributed by atoms with Gasteiger partial charge in [-0.05, 0) is 19.8 Å². The van der Waals surface area contributed by atoms with Crippen molar-refractivity contribution in [1.82, 2.24) is 4.72 Å². The smallest absolute Gasteiger partial charge is 0.227 e. The number of rotatable bonds is 4. The van der Waals surface area contributed by atoms with Gasteiger partial charge in [-0.1, -0.05) is 12.8 Å². The summed E-state index contributed by atoms with van der Waals surface area (Å²) in [6, 6.07) is 1.66. The molecule has 1 unspecified atom stereocenters. The Bertz CT molecular complexity index is 352. The molecule has 0 bridgehead atoms. The molecule has 5 nitrogen and oxygen atoms in total. The molecule has 0 aromatic heterocycles. The lowest BCUT2D eigenvalue weighted by Crippen LogP contribution is -2.43. The molecule has 1 aliphatic carbocycles. The normalized spacial score (nSPS) is 22.2. The third kappa shape index (κ3) is 3.16. The van der Waals surface area contributed by atoms with Crippen LogP contribution in [0.25, 0.3) is 0 Å². The Balaban J connectivity index is 2.53. The topological polar surface area (TPSA) is 90.2 Å². The fourth-order valence-electron chi connectivity index (χ4n) is 1.64. The van der Waals surface area contributed by atoms with E-state index in [1.165, 1.54) is 6.92 Å². The number of aliphatic hydroxyl groups is 1. The summed E-state index contributed by atoms with van der Waals surface area (Å²) in [6.45, 7) is 1.34. The molecule has 0 aromatic carbocycles. The van der Waals surface area contributed by atoms with Gasteiger partial charge in [0.2, 0.25) is 10.0 Å². The number of hydrogen-bond acceptors (Lipinski definition) is 4. The Morgan fingerprint density at radius 2 is 2.07 bits per heavy atom. The summed E-state index contributed by atoms with van der Waals surface area (Å²) in [5.74, 6) is 0. The van der Waals surface area contributed by atoms with Crippen molar-refractivity contribution in [2.75, 3.05) is 6.54 Å². The molecule has 1 rings (SSSR count). The van der Waals surface area contributed by atoms with Crippen LogP contribution in [0.1, 0.15) is 32.6 Å². The zero-order valence-electron chi connectivity index (χ0n) is 8.73. The molecule has 0 heterocycles. The van der Waals surface area contributed by atoms with Gasteiger partial charge in [0.25, 0.3) is 0 Å². The quantitative estimate of drug-likeness (QED) is 0.720. The summed E-state index contributed by atoms with van der Waals surface area (Å²) >= 11 is 0. The summed E-state index contributed by atoms with van der Waals surface area (Å²) < 4.78 is 25.1. The van der Waals surface area contributed by atoms with E-state index in [4.69, 9.17) is 5.26 Å². The molecule has 6 heteroatoms. The Hall–Kier alpha value is -0.640. The second-order valence-corrected chi connectivity index (χ2v) is 6.15. The van der Waals surface area contributed by atoms with Crippen LogP contribution in [0.3, 0.4) is 0 Å². The third-order valence-electron chi connectivity index (χ3n) is 2.78. The van der Waals surface area contributed by atoms with E-state index in [2.05, 4.69) is 4.72 Å². The minimum atomic E-state index is -3.61. The zero-order chi connectivity index (χ0) is 11.5. The van der Waals surface area contributed by atoms with E-state index in [0.29, 0.717) is 12.8 Å². The van der Waals surface area contributed by atoms with Crippen molar-refractivity contribution in [3.05, 3.63) is 0 Å². The summed E-state index contributed by atoms with van der Waals surface area (Å²) in [5, 5.41) is 17.3. The van der Waals surface area contributed by atoms with E-state index in [1.807, 2.05) is 0 Å². The molecule has 0 saturated heterocycles. The predicted molar refractivity (Wildman–Crippen MR) is 55.4 cm³/mol. The second kappa shape index (κ2) is 4.47. The van der Waals surface area contributed by atoms with Gasteiger partial charge in [-0.15, -0.1) is 0 Å². The monoisotopic (exact) mass is 232 g/mol. The molecule has 0 amide bonds. The standard InChI is InChI=1S/C9H16N2O3S/c1-8(6-10)15(13,14)11-7-9(12)4-2-3-5-9/h8,11-12H,2-5,7H2,1H3. The molecule has 0 aliphatic heterocycles. The summed E-state index contributed by atoms with van der Waals surface area (Å²) in [6.07, 6.45) is 3.09. The molecule has 0 aromatic rings. The fraction of sp³-hybridized carbons (Fsp3) is 0.889. The summed E-state index contributed by atoms with van der Waals surface area (Å²) in [4.78, 5) is 0. The summed E-state index contributed by atoms with van der Waals surface area (Å²) in [5.41, 5.74) is -0.914. The molecule has 86 valence electrons. The van der Waals surface area contributed by atoms with Gasteiger partial charge < -0.3 is 5.11 Å². The first-order valence-electron chi connectivity index (χ1n) is 5.00. The van der Waals surface area contributed by atoms with Gasteiger partial charge in [0, 0.05) is 6.54 Å². The van der Waals surface area contributed by atoms with Crippen molar-refractivity contribution in [1.29, 1.82) is 5.26 Å². The Morgan fingerprint density at radius 3 is 2.53 bits per heavy atom. The number of sulfonamides is 1. The Labute approximate surface area is 90.2 Å². The van der Waals surface area contributed by atoms with Crippen molar-refractivity contribution in [2.24, 2.45) is 0 Å². The highest BCUT2D eigenvalue weighted by Gasteiger charge is 2.33. The Kier molecular flexibility index (Phi) is 3.71. The molecule has 0 radical (unpaired) electrons. The van der Waals surface area contributed by atoms with E-state index < -0.39 is 20.9 Å². The third-order valence-corrected chi connectivity index (χ3v) is 4.37. The SMILES string of the molecule is CC(C#N)S(=O)(=O)NCC1(O)CCCC1. The van der Waals surface area contributed by atoms with Crippen molar-refractivity contribution in [2.45, 2.75) is 43.5 Å². The number of nitrogens with zero attached hydrogens (tertiary/aromatic N) is 1. The van der Waals surface area contributed by atoms with Crippen LogP contribution in [0, 0.1) is 11.3 Å². The highest BCUT2D eigenvalue weighted by molar-refractivity contribution is 7.90. The number of hydrogen-bond donors (Lipinski definition) is 2. The van der Waals surface area contributed by atoms with E-state index in [0.717, 1.165) is 12.8 Å². The maximum atomic E-state index is 11.4. The van der Waals surface area contributed by atoms with Crippen LogP contribution >= 0.6 is 0 Å². The Morgan fingerprint density at radius 1 is 1.53 bits per heavy atom. The highest BCUT2D eigenvalue weighted by atomic mass is 32.2. The molecule has 1 saturated carbocycles. The van der Waals surface area contributed by atoms with Crippen LogP contribution in [0.5, 0.6) is 0 Å². The first-order valence-corrected chi connectivity index (χ1v) is 6.55. The van der Waals surface area contributed by atoms with Gasteiger partial charge in [0.1, 0.15) is 0 Å². The lowest BCUT2D eigenvalue weighted by Gasteiger charge is -2.22. The van der Waals surface area contributed by atoms with Gasteiger partial charge in [-0.2, -0.15) is 5.26 Å². The summed E-state index contributed by atoms with van der Waals surface area (Å²) in [7, 11) is -3.61. The minimum absolute atomic E-state index is 0.0152. The molecular weight excluding hydrogens is 216 g/mol. The van der Waals surface area contributed by atoms with Crippen LogP contribution in [0.2, 0.25) is 0 Å². The largest absolute Gasteiger partial charge is 0.389 e. The predicted octanol–water partition coefficient (Wildman–Crippen LogP) is 0.123. The van der Waals surface area contributed by atoms with Crippen molar-refractivity contribution in [3.63, 3.8) is 0 Å².